The van der Waals surface area contributed by atoms with Gasteiger partial charge in [0.1, 0.15) is 5.65 Å². The van der Waals surface area contributed by atoms with Crippen molar-refractivity contribution in [1.29, 1.82) is 0 Å². The second kappa shape index (κ2) is 8.92. The van der Waals surface area contributed by atoms with Crippen molar-refractivity contribution in [2.45, 2.75) is 42.0 Å². The number of hydrogen-bond donors (Lipinski definition) is 0. The van der Waals surface area contributed by atoms with Gasteiger partial charge in [-0.3, -0.25) is 14.0 Å². The van der Waals surface area contributed by atoms with Crippen molar-refractivity contribution in [2.75, 3.05) is 23.7 Å². The van der Waals surface area contributed by atoms with Crippen molar-refractivity contribution in [2.24, 2.45) is 0 Å². The zero-order valence-corrected chi connectivity index (χ0v) is 19.6. The summed E-state index contributed by atoms with van der Waals surface area (Å²) in [5.74, 6) is 0.101. The molecule has 2 aliphatic rings. The SMILES string of the molecule is O=C1CSc2ccc(S(=O)(=O)N3CCCCCC3)cc2N1Cc1cc(=O)n2ccccc2n1. The van der Waals surface area contributed by atoms with Crippen LogP contribution in [0.5, 0.6) is 0 Å². The number of fused-ring (bicyclic) bond motifs is 2. The van der Waals surface area contributed by atoms with Crippen molar-refractivity contribution in [3.8, 4) is 0 Å². The summed E-state index contributed by atoms with van der Waals surface area (Å²) in [4.78, 5) is 32.4. The largest absolute Gasteiger partial charge is 0.305 e. The third-order valence-electron chi connectivity index (χ3n) is 6.02. The number of pyridine rings is 1. The Hall–Kier alpha value is -2.69. The van der Waals surface area contributed by atoms with E-state index in [0.717, 1.165) is 30.6 Å². The molecule has 0 N–H and O–H groups in total. The molecule has 1 fully saturated rings. The Kier molecular flexibility index (Phi) is 5.98. The monoisotopic (exact) mass is 484 g/mol. The molecule has 5 rings (SSSR count). The number of hydrogen-bond acceptors (Lipinski definition) is 6. The molecule has 0 saturated carbocycles. The van der Waals surface area contributed by atoms with Gasteiger partial charge in [-0.15, -0.1) is 11.8 Å². The zero-order valence-electron chi connectivity index (χ0n) is 18.0. The van der Waals surface area contributed by atoms with Crippen LogP contribution in [-0.2, 0) is 21.4 Å². The van der Waals surface area contributed by atoms with Gasteiger partial charge in [0.2, 0.25) is 15.9 Å². The number of nitrogens with zero attached hydrogens (tertiary/aromatic N) is 4. The average Bonchev–Trinajstić information content (AvgIpc) is 3.11. The van der Waals surface area contributed by atoms with E-state index in [4.69, 9.17) is 0 Å². The minimum absolute atomic E-state index is 0.0975. The van der Waals surface area contributed by atoms with E-state index in [2.05, 4.69) is 4.98 Å². The number of rotatable bonds is 4. The smallest absolute Gasteiger partial charge is 0.258 e. The van der Waals surface area contributed by atoms with E-state index in [0.29, 0.717) is 30.1 Å². The van der Waals surface area contributed by atoms with Crippen LogP contribution in [0.1, 0.15) is 31.4 Å². The molecule has 2 aliphatic heterocycles. The van der Waals surface area contributed by atoms with Gasteiger partial charge >= 0.3 is 0 Å². The molecule has 0 atom stereocenters. The van der Waals surface area contributed by atoms with Crippen LogP contribution in [0.2, 0.25) is 0 Å². The Bertz CT molecular complexity index is 1380. The molecule has 8 nitrogen and oxygen atoms in total. The number of benzene rings is 1. The molecule has 0 unspecified atom stereocenters. The molecule has 4 heterocycles. The van der Waals surface area contributed by atoms with Gasteiger partial charge in [-0.1, -0.05) is 18.9 Å². The van der Waals surface area contributed by atoms with Crippen LogP contribution in [0, 0.1) is 0 Å². The van der Waals surface area contributed by atoms with Gasteiger partial charge < -0.3 is 4.90 Å². The number of thioether (sulfide) groups is 1. The van der Waals surface area contributed by atoms with Crippen LogP contribution >= 0.6 is 11.8 Å². The second-order valence-electron chi connectivity index (χ2n) is 8.23. The molecule has 0 radical (unpaired) electrons. The number of sulfonamides is 1. The van der Waals surface area contributed by atoms with Crippen LogP contribution in [0.3, 0.4) is 0 Å². The highest BCUT2D eigenvalue weighted by atomic mass is 32.2. The number of aromatic nitrogens is 2. The fourth-order valence-electron chi connectivity index (χ4n) is 4.29. The molecule has 172 valence electrons. The van der Waals surface area contributed by atoms with E-state index in [1.807, 2.05) is 0 Å². The minimum atomic E-state index is -3.65. The first-order valence-corrected chi connectivity index (χ1v) is 13.4. The summed E-state index contributed by atoms with van der Waals surface area (Å²) in [6, 6.07) is 11.7. The van der Waals surface area contributed by atoms with Crippen molar-refractivity contribution >= 4 is 39.0 Å². The maximum atomic E-state index is 13.3. The average molecular weight is 485 g/mol. The summed E-state index contributed by atoms with van der Waals surface area (Å²) in [7, 11) is -3.65. The highest BCUT2D eigenvalue weighted by Gasteiger charge is 2.30. The standard InChI is InChI=1S/C23H24N4O4S2/c28-22-13-17(24-21-7-3-6-12-26(21)22)15-27-19-14-18(8-9-20(19)32-16-23(27)29)33(30,31)25-10-4-1-2-5-11-25/h3,6-9,12-14H,1-2,4-5,10-11,15-16H2. The molecule has 2 aromatic heterocycles. The third kappa shape index (κ3) is 4.30. The van der Waals surface area contributed by atoms with Gasteiger partial charge in [-0.25, -0.2) is 13.4 Å². The van der Waals surface area contributed by atoms with Crippen LogP contribution < -0.4 is 10.5 Å². The second-order valence-corrected chi connectivity index (χ2v) is 11.2. The minimum Gasteiger partial charge on any atom is -0.305 e. The van der Waals surface area contributed by atoms with Crippen LogP contribution in [0.25, 0.3) is 5.65 Å². The van der Waals surface area contributed by atoms with E-state index >= 15 is 0 Å². The van der Waals surface area contributed by atoms with Gasteiger partial charge in [-0.05, 0) is 43.2 Å². The van der Waals surface area contributed by atoms with Crippen LogP contribution in [0.4, 0.5) is 5.69 Å². The Labute approximate surface area is 196 Å². The Morgan fingerprint density at radius 3 is 2.55 bits per heavy atom. The first-order chi connectivity index (χ1) is 15.9. The zero-order chi connectivity index (χ0) is 23.0. The lowest BCUT2D eigenvalue weighted by molar-refractivity contribution is -0.116. The van der Waals surface area contributed by atoms with Crippen LogP contribution in [-0.4, -0.2) is 46.9 Å². The van der Waals surface area contributed by atoms with E-state index in [1.54, 1.807) is 46.9 Å². The fraction of sp³-hybridized carbons (Fsp3) is 0.348. The molecule has 33 heavy (non-hydrogen) atoms. The summed E-state index contributed by atoms with van der Waals surface area (Å²) >= 11 is 1.39. The first kappa shape index (κ1) is 22.1. The maximum Gasteiger partial charge on any atom is 0.258 e. The topological polar surface area (TPSA) is 92.1 Å². The highest BCUT2D eigenvalue weighted by molar-refractivity contribution is 8.00. The summed E-state index contributed by atoms with van der Waals surface area (Å²) in [5.41, 5.74) is 1.27. The third-order valence-corrected chi connectivity index (χ3v) is 8.96. The van der Waals surface area contributed by atoms with Crippen molar-refractivity contribution in [3.05, 3.63) is 64.7 Å². The normalized spacial score (nSPS) is 17.7. The summed E-state index contributed by atoms with van der Waals surface area (Å²) in [6.07, 6.45) is 5.43. The van der Waals surface area contributed by atoms with Crippen molar-refractivity contribution < 1.29 is 13.2 Å². The summed E-state index contributed by atoms with van der Waals surface area (Å²) < 4.78 is 29.6. The Morgan fingerprint density at radius 2 is 1.76 bits per heavy atom. The quantitative estimate of drug-likeness (QED) is 0.566. The molecule has 10 heteroatoms. The number of carbonyl (C=O) groups excluding carboxylic acids is 1. The summed E-state index contributed by atoms with van der Waals surface area (Å²) in [5, 5.41) is 0. The van der Waals surface area contributed by atoms with Gasteiger partial charge in [0, 0.05) is 30.2 Å². The van der Waals surface area contributed by atoms with Gasteiger partial charge in [0.25, 0.3) is 5.56 Å². The Balaban J connectivity index is 1.51. The molecule has 0 aliphatic carbocycles. The molecule has 1 saturated heterocycles. The fourth-order valence-corrected chi connectivity index (χ4v) is 6.75. The van der Waals surface area contributed by atoms with Crippen molar-refractivity contribution in [1.82, 2.24) is 13.7 Å². The van der Waals surface area contributed by atoms with E-state index in [-0.39, 0.29) is 28.7 Å². The summed E-state index contributed by atoms with van der Waals surface area (Å²) in [6.45, 7) is 1.13. The van der Waals surface area contributed by atoms with Gasteiger partial charge in [0.05, 0.1) is 28.6 Å². The molecular formula is C23H24N4O4S2. The molecule has 0 spiro atoms. The maximum absolute atomic E-state index is 13.3. The van der Waals surface area contributed by atoms with E-state index in [1.165, 1.54) is 27.1 Å². The predicted octanol–water partition coefficient (Wildman–Crippen LogP) is 2.90. The lowest BCUT2D eigenvalue weighted by Crippen LogP contribution is -2.36. The number of amides is 1. The van der Waals surface area contributed by atoms with Gasteiger partial charge in [0.15, 0.2) is 0 Å². The van der Waals surface area contributed by atoms with E-state index in [9.17, 15) is 18.0 Å². The first-order valence-electron chi connectivity index (χ1n) is 11.0. The lowest BCUT2D eigenvalue weighted by Gasteiger charge is -2.30. The highest BCUT2D eigenvalue weighted by Crippen LogP contribution is 2.38. The molecule has 0 bridgehead atoms. The Morgan fingerprint density at radius 1 is 0.970 bits per heavy atom. The predicted molar refractivity (Wildman–Crippen MR) is 127 cm³/mol. The van der Waals surface area contributed by atoms with Crippen molar-refractivity contribution in [3.63, 3.8) is 0 Å². The number of carbonyl (C=O) groups is 1. The molecular weight excluding hydrogens is 460 g/mol. The molecule has 1 amide bonds. The number of anilines is 1. The molecule has 1 aromatic carbocycles. The molecule has 3 aromatic rings. The van der Waals surface area contributed by atoms with Gasteiger partial charge in [-0.2, -0.15) is 4.31 Å². The van der Waals surface area contributed by atoms with Crippen LogP contribution in [0.15, 0.2) is 63.2 Å². The van der Waals surface area contributed by atoms with E-state index < -0.39 is 10.0 Å². The lowest BCUT2D eigenvalue weighted by atomic mass is 10.2.